The van der Waals surface area contributed by atoms with Crippen LogP contribution in [-0.2, 0) is 6.42 Å². The van der Waals surface area contributed by atoms with Gasteiger partial charge in [0.1, 0.15) is 5.82 Å². The Morgan fingerprint density at radius 2 is 2.05 bits per heavy atom. The number of aromatic amines is 1. The molecule has 3 rings (SSSR count). The molecule has 0 radical (unpaired) electrons. The molecule has 0 aliphatic heterocycles. The number of nitrogens with one attached hydrogen (secondary N) is 1. The summed E-state index contributed by atoms with van der Waals surface area (Å²) in [5.74, 6) is 0.890. The fraction of sp³-hybridized carbons (Fsp3) is 0.125. The standard InChI is InChI=1S/C16H13Cl2N3/c1-10-16(13-5-4-12(17)8-14(13)18)21-15(20-10)7-11-3-2-6-19-9-11/h2-6,8-9H,7H2,1H3,(H,20,21). The second-order valence-electron chi connectivity index (χ2n) is 4.82. The van der Waals surface area contributed by atoms with Crippen LogP contribution in [0.4, 0.5) is 0 Å². The van der Waals surface area contributed by atoms with Crippen molar-refractivity contribution in [1.82, 2.24) is 15.0 Å². The Morgan fingerprint density at radius 1 is 1.19 bits per heavy atom. The number of halogens is 2. The molecule has 1 aromatic carbocycles. The number of pyridine rings is 1. The van der Waals surface area contributed by atoms with Gasteiger partial charge in [-0.3, -0.25) is 4.98 Å². The smallest absolute Gasteiger partial charge is 0.111 e. The molecule has 5 heteroatoms. The molecule has 0 spiro atoms. The normalized spacial score (nSPS) is 10.8. The van der Waals surface area contributed by atoms with Gasteiger partial charge >= 0.3 is 0 Å². The molecular weight excluding hydrogens is 305 g/mol. The van der Waals surface area contributed by atoms with Gasteiger partial charge in [-0.25, -0.2) is 4.98 Å². The molecule has 0 saturated carbocycles. The van der Waals surface area contributed by atoms with Crippen molar-refractivity contribution in [3.8, 4) is 11.3 Å². The number of hydrogen-bond donors (Lipinski definition) is 1. The summed E-state index contributed by atoms with van der Waals surface area (Å²) in [4.78, 5) is 12.1. The van der Waals surface area contributed by atoms with Crippen LogP contribution in [0.1, 0.15) is 17.1 Å². The number of rotatable bonds is 3. The van der Waals surface area contributed by atoms with Crippen LogP contribution < -0.4 is 0 Å². The SMILES string of the molecule is Cc1[nH]c(Cc2cccnc2)nc1-c1ccc(Cl)cc1Cl. The van der Waals surface area contributed by atoms with Crippen LogP contribution in [0.5, 0.6) is 0 Å². The highest BCUT2D eigenvalue weighted by molar-refractivity contribution is 6.36. The third-order valence-electron chi connectivity index (χ3n) is 3.21. The van der Waals surface area contributed by atoms with E-state index in [-0.39, 0.29) is 0 Å². The van der Waals surface area contributed by atoms with Crippen LogP contribution in [0.3, 0.4) is 0 Å². The zero-order valence-electron chi connectivity index (χ0n) is 11.4. The molecule has 0 saturated heterocycles. The van der Waals surface area contributed by atoms with E-state index in [1.165, 1.54) is 0 Å². The summed E-state index contributed by atoms with van der Waals surface area (Å²) in [6.45, 7) is 1.99. The number of nitrogens with zero attached hydrogens (tertiary/aromatic N) is 2. The van der Waals surface area contributed by atoms with Crippen LogP contribution in [0.15, 0.2) is 42.7 Å². The summed E-state index contributed by atoms with van der Waals surface area (Å²) >= 11 is 12.2. The zero-order chi connectivity index (χ0) is 14.8. The summed E-state index contributed by atoms with van der Waals surface area (Å²) in [6.07, 6.45) is 4.31. The lowest BCUT2D eigenvalue weighted by Crippen LogP contribution is -1.91. The van der Waals surface area contributed by atoms with E-state index in [0.29, 0.717) is 16.5 Å². The Morgan fingerprint density at radius 3 is 2.76 bits per heavy atom. The first-order valence-electron chi connectivity index (χ1n) is 6.53. The number of hydrogen-bond acceptors (Lipinski definition) is 2. The van der Waals surface area contributed by atoms with Gasteiger partial charge in [-0.15, -0.1) is 0 Å². The van der Waals surface area contributed by atoms with Crippen molar-refractivity contribution in [3.05, 3.63) is 69.9 Å². The fourth-order valence-electron chi connectivity index (χ4n) is 2.25. The van der Waals surface area contributed by atoms with E-state index in [9.17, 15) is 0 Å². The minimum atomic E-state index is 0.602. The molecule has 3 aromatic rings. The molecule has 3 nitrogen and oxygen atoms in total. The summed E-state index contributed by atoms with van der Waals surface area (Å²) in [5.41, 5.74) is 3.83. The summed E-state index contributed by atoms with van der Waals surface area (Å²) < 4.78 is 0. The topological polar surface area (TPSA) is 41.6 Å². The van der Waals surface area contributed by atoms with E-state index in [1.807, 2.05) is 37.4 Å². The fourth-order valence-corrected chi connectivity index (χ4v) is 2.74. The third-order valence-corrected chi connectivity index (χ3v) is 3.76. The van der Waals surface area contributed by atoms with Crippen molar-refractivity contribution in [2.24, 2.45) is 0 Å². The molecule has 2 heterocycles. The van der Waals surface area contributed by atoms with Crippen molar-refractivity contribution in [2.45, 2.75) is 13.3 Å². The van der Waals surface area contributed by atoms with E-state index >= 15 is 0 Å². The maximum atomic E-state index is 6.26. The minimum absolute atomic E-state index is 0.602. The molecule has 2 aromatic heterocycles. The molecule has 21 heavy (non-hydrogen) atoms. The molecule has 0 fully saturated rings. The summed E-state index contributed by atoms with van der Waals surface area (Å²) in [7, 11) is 0. The zero-order valence-corrected chi connectivity index (χ0v) is 12.9. The lowest BCUT2D eigenvalue weighted by molar-refractivity contribution is 1.01. The Kier molecular flexibility index (Phi) is 3.95. The predicted molar refractivity (Wildman–Crippen MR) is 85.8 cm³/mol. The largest absolute Gasteiger partial charge is 0.345 e. The van der Waals surface area contributed by atoms with Crippen LogP contribution in [0.25, 0.3) is 11.3 Å². The Labute approximate surface area is 133 Å². The molecule has 0 bridgehead atoms. The first kappa shape index (κ1) is 14.1. The van der Waals surface area contributed by atoms with E-state index in [1.54, 1.807) is 12.3 Å². The average molecular weight is 318 g/mol. The molecule has 0 aliphatic rings. The van der Waals surface area contributed by atoms with E-state index in [0.717, 1.165) is 28.3 Å². The van der Waals surface area contributed by atoms with E-state index in [2.05, 4.69) is 15.0 Å². The first-order valence-corrected chi connectivity index (χ1v) is 7.29. The van der Waals surface area contributed by atoms with E-state index in [4.69, 9.17) is 23.2 Å². The highest BCUT2D eigenvalue weighted by Gasteiger charge is 2.12. The molecule has 0 unspecified atom stereocenters. The number of aromatic nitrogens is 3. The third kappa shape index (κ3) is 3.09. The van der Waals surface area contributed by atoms with Gasteiger partial charge in [0.15, 0.2) is 0 Å². The number of imidazole rings is 1. The molecule has 0 atom stereocenters. The average Bonchev–Trinajstić information content (AvgIpc) is 2.80. The number of aryl methyl sites for hydroxylation is 1. The van der Waals surface area contributed by atoms with Gasteiger partial charge in [0, 0.05) is 35.1 Å². The van der Waals surface area contributed by atoms with Crippen LogP contribution in [-0.4, -0.2) is 15.0 Å². The first-order chi connectivity index (χ1) is 10.1. The lowest BCUT2D eigenvalue weighted by atomic mass is 10.1. The predicted octanol–water partition coefficient (Wildman–Crippen LogP) is 4.68. The Bertz CT molecular complexity index is 766. The van der Waals surface area contributed by atoms with Gasteiger partial charge in [0.2, 0.25) is 0 Å². The number of benzene rings is 1. The second-order valence-corrected chi connectivity index (χ2v) is 5.66. The monoisotopic (exact) mass is 317 g/mol. The Hall–Kier alpha value is -1.84. The van der Waals surface area contributed by atoms with Crippen LogP contribution in [0, 0.1) is 6.92 Å². The van der Waals surface area contributed by atoms with Gasteiger partial charge in [-0.05, 0) is 36.8 Å². The van der Waals surface area contributed by atoms with Gasteiger partial charge in [-0.2, -0.15) is 0 Å². The van der Waals surface area contributed by atoms with E-state index < -0.39 is 0 Å². The van der Waals surface area contributed by atoms with Gasteiger partial charge < -0.3 is 4.98 Å². The Balaban J connectivity index is 1.94. The summed E-state index contributed by atoms with van der Waals surface area (Å²) in [5, 5.41) is 1.22. The molecular formula is C16H13Cl2N3. The quantitative estimate of drug-likeness (QED) is 0.762. The second kappa shape index (κ2) is 5.88. The molecule has 1 N–H and O–H groups in total. The number of H-pyrrole nitrogens is 1. The minimum Gasteiger partial charge on any atom is -0.345 e. The molecule has 106 valence electrons. The molecule has 0 amide bonds. The van der Waals surface area contributed by atoms with Crippen LogP contribution in [0.2, 0.25) is 10.0 Å². The van der Waals surface area contributed by atoms with Gasteiger partial charge in [-0.1, -0.05) is 29.3 Å². The van der Waals surface area contributed by atoms with Crippen molar-refractivity contribution in [3.63, 3.8) is 0 Å². The highest BCUT2D eigenvalue weighted by Crippen LogP contribution is 2.31. The molecule has 0 aliphatic carbocycles. The lowest BCUT2D eigenvalue weighted by Gasteiger charge is -2.02. The van der Waals surface area contributed by atoms with Crippen molar-refractivity contribution >= 4 is 23.2 Å². The van der Waals surface area contributed by atoms with Crippen molar-refractivity contribution in [1.29, 1.82) is 0 Å². The van der Waals surface area contributed by atoms with Gasteiger partial charge in [0.05, 0.1) is 10.7 Å². The van der Waals surface area contributed by atoms with Gasteiger partial charge in [0.25, 0.3) is 0 Å². The van der Waals surface area contributed by atoms with Crippen molar-refractivity contribution in [2.75, 3.05) is 0 Å². The van der Waals surface area contributed by atoms with Crippen molar-refractivity contribution < 1.29 is 0 Å². The highest BCUT2D eigenvalue weighted by atomic mass is 35.5. The van der Waals surface area contributed by atoms with Crippen LogP contribution >= 0.6 is 23.2 Å². The summed E-state index contributed by atoms with van der Waals surface area (Å²) in [6, 6.07) is 9.38. The maximum absolute atomic E-state index is 6.26. The maximum Gasteiger partial charge on any atom is 0.111 e.